The standard InChI is InChI=1S/C11H21N3O/c12-11(15)2-1-5-13-10-4-7-14-6-3-9(10)8-14/h9-10,13H,1-8H2,(H2,12,15). The van der Waals surface area contributed by atoms with E-state index in [0.29, 0.717) is 12.5 Å². The van der Waals surface area contributed by atoms with E-state index >= 15 is 0 Å². The van der Waals surface area contributed by atoms with Crippen LogP contribution in [0.5, 0.6) is 0 Å². The number of hydrogen-bond acceptors (Lipinski definition) is 3. The lowest BCUT2D eigenvalue weighted by atomic mass is 9.94. The van der Waals surface area contributed by atoms with Crippen molar-refractivity contribution in [2.45, 2.75) is 31.7 Å². The SMILES string of the molecule is NC(=O)CCCNC1CCN2CCC1C2. The Balaban J connectivity index is 1.64. The average Bonchev–Trinajstić information content (AvgIpc) is 2.58. The third kappa shape index (κ3) is 2.92. The van der Waals surface area contributed by atoms with Crippen LogP contribution in [-0.2, 0) is 4.79 Å². The van der Waals surface area contributed by atoms with Gasteiger partial charge in [-0.3, -0.25) is 4.79 Å². The maximum atomic E-state index is 10.6. The van der Waals surface area contributed by atoms with Crippen LogP contribution in [0.4, 0.5) is 0 Å². The molecule has 86 valence electrons. The van der Waals surface area contributed by atoms with Crippen molar-refractivity contribution in [2.75, 3.05) is 26.2 Å². The second-order valence-electron chi connectivity index (χ2n) is 4.77. The first-order valence-electron chi connectivity index (χ1n) is 6.00. The number of nitrogens with two attached hydrogens (primary N) is 1. The minimum atomic E-state index is -0.188. The highest BCUT2D eigenvalue weighted by Gasteiger charge is 2.33. The van der Waals surface area contributed by atoms with Crippen molar-refractivity contribution in [3.8, 4) is 0 Å². The minimum Gasteiger partial charge on any atom is -0.370 e. The smallest absolute Gasteiger partial charge is 0.217 e. The molecule has 0 aromatic rings. The molecule has 2 fully saturated rings. The molecule has 0 aromatic heterocycles. The van der Waals surface area contributed by atoms with Gasteiger partial charge >= 0.3 is 0 Å². The number of carbonyl (C=O) groups is 1. The van der Waals surface area contributed by atoms with Crippen LogP contribution >= 0.6 is 0 Å². The first kappa shape index (κ1) is 10.9. The second-order valence-corrected chi connectivity index (χ2v) is 4.77. The molecule has 2 saturated heterocycles. The van der Waals surface area contributed by atoms with Crippen LogP contribution in [0.2, 0.25) is 0 Å². The van der Waals surface area contributed by atoms with E-state index in [1.807, 2.05) is 0 Å². The number of rotatable bonds is 5. The molecule has 0 aliphatic carbocycles. The molecule has 4 heteroatoms. The maximum absolute atomic E-state index is 10.6. The average molecular weight is 211 g/mol. The number of carbonyl (C=O) groups excluding carboxylic acids is 1. The normalized spacial score (nSPS) is 34.3. The van der Waals surface area contributed by atoms with Crippen molar-refractivity contribution in [3.05, 3.63) is 0 Å². The lowest BCUT2D eigenvalue weighted by Crippen LogP contribution is -2.44. The van der Waals surface area contributed by atoms with Crippen molar-refractivity contribution in [3.63, 3.8) is 0 Å². The zero-order chi connectivity index (χ0) is 10.7. The number of fused-ring (bicyclic) bond motifs is 2. The van der Waals surface area contributed by atoms with E-state index in [2.05, 4.69) is 10.2 Å². The predicted molar refractivity (Wildman–Crippen MR) is 59.4 cm³/mol. The molecular formula is C11H21N3O. The van der Waals surface area contributed by atoms with E-state index < -0.39 is 0 Å². The summed E-state index contributed by atoms with van der Waals surface area (Å²) in [6.45, 7) is 4.73. The molecule has 3 atom stereocenters. The third-order valence-electron chi connectivity index (χ3n) is 3.64. The van der Waals surface area contributed by atoms with Gasteiger partial charge in [0.05, 0.1) is 0 Å². The molecule has 0 radical (unpaired) electrons. The summed E-state index contributed by atoms with van der Waals surface area (Å²) in [5.74, 6) is 0.653. The van der Waals surface area contributed by atoms with Gasteiger partial charge in [0, 0.05) is 19.0 Å². The van der Waals surface area contributed by atoms with Crippen molar-refractivity contribution in [1.29, 1.82) is 0 Å². The predicted octanol–water partition coefficient (Wildman–Crippen LogP) is -0.0643. The van der Waals surface area contributed by atoms with Gasteiger partial charge in [-0.2, -0.15) is 0 Å². The molecule has 2 heterocycles. The number of nitrogens with zero attached hydrogens (tertiary/aromatic N) is 1. The molecule has 2 aliphatic rings. The largest absolute Gasteiger partial charge is 0.370 e. The van der Waals surface area contributed by atoms with Gasteiger partial charge in [-0.15, -0.1) is 0 Å². The van der Waals surface area contributed by atoms with Gasteiger partial charge in [-0.25, -0.2) is 0 Å². The molecule has 3 N–H and O–H groups in total. The lowest BCUT2D eigenvalue weighted by Gasteiger charge is -2.31. The summed E-state index contributed by atoms with van der Waals surface area (Å²) in [6.07, 6.45) is 3.99. The Kier molecular flexibility index (Phi) is 3.59. The monoisotopic (exact) mass is 211 g/mol. The fourth-order valence-corrected chi connectivity index (χ4v) is 2.77. The molecule has 4 nitrogen and oxygen atoms in total. The van der Waals surface area contributed by atoms with Crippen molar-refractivity contribution in [1.82, 2.24) is 10.2 Å². The van der Waals surface area contributed by atoms with Crippen LogP contribution in [0.25, 0.3) is 0 Å². The highest BCUT2D eigenvalue weighted by atomic mass is 16.1. The first-order valence-corrected chi connectivity index (χ1v) is 6.00. The van der Waals surface area contributed by atoms with Crippen LogP contribution in [0, 0.1) is 5.92 Å². The number of nitrogens with one attached hydrogen (secondary N) is 1. The lowest BCUT2D eigenvalue weighted by molar-refractivity contribution is -0.118. The van der Waals surface area contributed by atoms with Gasteiger partial charge in [0.25, 0.3) is 0 Å². The maximum Gasteiger partial charge on any atom is 0.217 e. The van der Waals surface area contributed by atoms with E-state index in [4.69, 9.17) is 5.73 Å². The van der Waals surface area contributed by atoms with Gasteiger partial charge in [0.15, 0.2) is 0 Å². The van der Waals surface area contributed by atoms with Gasteiger partial charge in [0.2, 0.25) is 5.91 Å². The first-order chi connectivity index (χ1) is 7.25. The minimum absolute atomic E-state index is 0.188. The topological polar surface area (TPSA) is 58.4 Å². The molecule has 0 aromatic carbocycles. The molecule has 2 aliphatic heterocycles. The van der Waals surface area contributed by atoms with Gasteiger partial charge in [0.1, 0.15) is 0 Å². The summed E-state index contributed by atoms with van der Waals surface area (Å²) in [6, 6.07) is 0.677. The highest BCUT2D eigenvalue weighted by molar-refractivity contribution is 5.73. The number of hydrogen-bond donors (Lipinski definition) is 2. The Hall–Kier alpha value is -0.610. The van der Waals surface area contributed by atoms with Crippen LogP contribution in [0.15, 0.2) is 0 Å². The molecule has 15 heavy (non-hydrogen) atoms. The summed E-state index contributed by atoms with van der Waals surface area (Å²) in [5.41, 5.74) is 5.10. The molecule has 0 spiro atoms. The Morgan fingerprint density at radius 1 is 1.40 bits per heavy atom. The van der Waals surface area contributed by atoms with E-state index in [0.717, 1.165) is 18.9 Å². The van der Waals surface area contributed by atoms with Gasteiger partial charge in [-0.05, 0) is 44.8 Å². The summed E-state index contributed by atoms with van der Waals surface area (Å²) in [7, 11) is 0. The van der Waals surface area contributed by atoms with E-state index in [9.17, 15) is 4.79 Å². The zero-order valence-electron chi connectivity index (χ0n) is 9.24. The fourth-order valence-electron chi connectivity index (χ4n) is 2.77. The van der Waals surface area contributed by atoms with Crippen LogP contribution < -0.4 is 11.1 Å². The van der Waals surface area contributed by atoms with Crippen molar-refractivity contribution < 1.29 is 4.79 Å². The Morgan fingerprint density at radius 2 is 2.20 bits per heavy atom. The molecule has 2 bridgehead atoms. The highest BCUT2D eigenvalue weighted by Crippen LogP contribution is 2.26. The van der Waals surface area contributed by atoms with Gasteiger partial charge in [-0.1, -0.05) is 0 Å². The summed E-state index contributed by atoms with van der Waals surface area (Å²) in [5, 5.41) is 3.57. The third-order valence-corrected chi connectivity index (χ3v) is 3.64. The number of amides is 1. The summed E-state index contributed by atoms with van der Waals surface area (Å²) >= 11 is 0. The Labute approximate surface area is 91.2 Å². The van der Waals surface area contributed by atoms with Crippen molar-refractivity contribution >= 4 is 5.91 Å². The zero-order valence-corrected chi connectivity index (χ0v) is 9.24. The van der Waals surface area contributed by atoms with E-state index in [-0.39, 0.29) is 5.91 Å². The fraction of sp³-hybridized carbons (Fsp3) is 0.909. The van der Waals surface area contributed by atoms with Crippen LogP contribution in [0.1, 0.15) is 25.7 Å². The van der Waals surface area contributed by atoms with E-state index in [1.165, 1.54) is 32.5 Å². The number of piperidine rings is 1. The molecule has 1 amide bonds. The Bertz CT molecular complexity index is 232. The van der Waals surface area contributed by atoms with Gasteiger partial charge < -0.3 is 16.0 Å². The second kappa shape index (κ2) is 4.94. The number of primary amides is 1. The molecule has 0 saturated carbocycles. The van der Waals surface area contributed by atoms with Crippen molar-refractivity contribution in [2.24, 2.45) is 11.7 Å². The van der Waals surface area contributed by atoms with Crippen LogP contribution in [-0.4, -0.2) is 43.0 Å². The van der Waals surface area contributed by atoms with E-state index in [1.54, 1.807) is 0 Å². The molecule has 3 unspecified atom stereocenters. The Morgan fingerprint density at radius 3 is 3.00 bits per heavy atom. The quantitative estimate of drug-likeness (QED) is 0.626. The molecular weight excluding hydrogens is 190 g/mol. The van der Waals surface area contributed by atoms with Crippen LogP contribution in [0.3, 0.4) is 0 Å². The summed E-state index contributed by atoms with van der Waals surface area (Å²) < 4.78 is 0. The summed E-state index contributed by atoms with van der Waals surface area (Å²) in [4.78, 5) is 13.1. The molecule has 2 rings (SSSR count).